The van der Waals surface area contributed by atoms with Crippen LogP contribution in [-0.4, -0.2) is 12.9 Å². The van der Waals surface area contributed by atoms with Crippen LogP contribution in [0.25, 0.3) is 0 Å². The summed E-state index contributed by atoms with van der Waals surface area (Å²) in [4.78, 5) is 12.4. The first-order valence-corrected chi connectivity index (χ1v) is 6.82. The van der Waals surface area contributed by atoms with E-state index in [-0.39, 0.29) is 12.2 Å². The average Bonchev–Trinajstić information content (AvgIpc) is 2.42. The first-order chi connectivity index (χ1) is 9.52. The average molecular weight is 289 g/mol. The number of hydrogen-bond donors (Lipinski definition) is 0. The summed E-state index contributed by atoms with van der Waals surface area (Å²) in [6.45, 7) is 3.89. The number of benzene rings is 2. The van der Waals surface area contributed by atoms with E-state index < -0.39 is 0 Å². The zero-order chi connectivity index (χ0) is 14.7. The molecule has 0 spiro atoms. The second-order valence-corrected chi connectivity index (χ2v) is 5.23. The van der Waals surface area contributed by atoms with E-state index in [1.807, 2.05) is 44.2 Å². The highest BCUT2D eigenvalue weighted by Gasteiger charge is 2.14. The van der Waals surface area contributed by atoms with Gasteiger partial charge in [-0.2, -0.15) is 0 Å². The summed E-state index contributed by atoms with van der Waals surface area (Å²) in [7, 11) is 1.61. The third-order valence-corrected chi connectivity index (χ3v) is 3.78. The molecule has 0 atom stereocenters. The summed E-state index contributed by atoms with van der Waals surface area (Å²) < 4.78 is 5.31. The third-order valence-electron chi connectivity index (χ3n) is 3.28. The highest BCUT2D eigenvalue weighted by atomic mass is 35.5. The predicted octanol–water partition coefficient (Wildman–Crippen LogP) is 4.39. The van der Waals surface area contributed by atoms with Crippen LogP contribution in [0.4, 0.5) is 0 Å². The Bertz CT molecular complexity index is 647. The minimum absolute atomic E-state index is 0.00241. The molecule has 0 saturated carbocycles. The van der Waals surface area contributed by atoms with Crippen molar-refractivity contribution >= 4 is 17.4 Å². The minimum atomic E-state index is 0.00241. The molecule has 104 valence electrons. The number of hydrogen-bond acceptors (Lipinski definition) is 2. The van der Waals surface area contributed by atoms with E-state index in [1.54, 1.807) is 13.2 Å². The molecule has 2 rings (SSSR count). The van der Waals surface area contributed by atoms with Crippen molar-refractivity contribution in [2.45, 2.75) is 20.3 Å². The second kappa shape index (κ2) is 6.10. The monoisotopic (exact) mass is 288 g/mol. The lowest BCUT2D eigenvalue weighted by atomic mass is 9.99. The number of halogens is 1. The van der Waals surface area contributed by atoms with Crippen molar-refractivity contribution in [3.8, 4) is 5.75 Å². The fourth-order valence-electron chi connectivity index (χ4n) is 2.18. The van der Waals surface area contributed by atoms with Crippen LogP contribution in [0.15, 0.2) is 36.4 Å². The number of Topliss-reactive ketones (excluding diaryl/α,β-unsaturated/α-hetero) is 1. The van der Waals surface area contributed by atoms with Crippen molar-refractivity contribution in [1.82, 2.24) is 0 Å². The normalized spacial score (nSPS) is 10.4. The van der Waals surface area contributed by atoms with E-state index in [4.69, 9.17) is 16.3 Å². The van der Waals surface area contributed by atoms with Crippen LogP contribution >= 0.6 is 11.6 Å². The number of methoxy groups -OCH3 is 1. The maximum atomic E-state index is 12.4. The van der Waals surface area contributed by atoms with Crippen molar-refractivity contribution in [3.63, 3.8) is 0 Å². The Kier molecular flexibility index (Phi) is 4.46. The quantitative estimate of drug-likeness (QED) is 0.780. The Hall–Kier alpha value is -1.80. The van der Waals surface area contributed by atoms with Gasteiger partial charge in [-0.1, -0.05) is 41.4 Å². The Labute approximate surface area is 124 Å². The van der Waals surface area contributed by atoms with Crippen molar-refractivity contribution in [1.29, 1.82) is 0 Å². The molecule has 0 aliphatic rings. The van der Waals surface area contributed by atoms with Crippen LogP contribution < -0.4 is 4.74 Å². The highest BCUT2D eigenvalue weighted by Crippen LogP contribution is 2.25. The standard InChI is InChI=1S/C17H17ClO2/c1-11-7-8-16(20-3)13(9-11)10-15(19)14-6-4-5-12(2)17(14)18/h4-9H,10H2,1-3H3. The van der Waals surface area contributed by atoms with E-state index in [0.29, 0.717) is 10.6 Å². The molecular formula is C17H17ClO2. The van der Waals surface area contributed by atoms with Gasteiger partial charge in [-0.3, -0.25) is 4.79 Å². The number of ketones is 1. The van der Waals surface area contributed by atoms with Gasteiger partial charge in [0.2, 0.25) is 0 Å². The summed E-state index contributed by atoms with van der Waals surface area (Å²) in [5.74, 6) is 0.732. The molecule has 2 nitrogen and oxygen atoms in total. The lowest BCUT2D eigenvalue weighted by Gasteiger charge is -2.10. The van der Waals surface area contributed by atoms with Gasteiger partial charge in [0.15, 0.2) is 5.78 Å². The van der Waals surface area contributed by atoms with Gasteiger partial charge >= 0.3 is 0 Å². The molecule has 0 aliphatic heterocycles. The van der Waals surface area contributed by atoms with Gasteiger partial charge in [-0.25, -0.2) is 0 Å². The molecule has 0 saturated heterocycles. The Balaban J connectivity index is 2.32. The van der Waals surface area contributed by atoms with E-state index >= 15 is 0 Å². The minimum Gasteiger partial charge on any atom is -0.496 e. The summed E-state index contributed by atoms with van der Waals surface area (Å²) in [6, 6.07) is 11.3. The van der Waals surface area contributed by atoms with Gasteiger partial charge in [0, 0.05) is 17.5 Å². The van der Waals surface area contributed by atoms with Crippen LogP contribution in [0.5, 0.6) is 5.75 Å². The number of carbonyl (C=O) groups is 1. The van der Waals surface area contributed by atoms with Gasteiger partial charge in [0.25, 0.3) is 0 Å². The van der Waals surface area contributed by atoms with Crippen molar-refractivity contribution in [2.75, 3.05) is 7.11 Å². The molecular weight excluding hydrogens is 272 g/mol. The van der Waals surface area contributed by atoms with Crippen molar-refractivity contribution in [3.05, 3.63) is 63.7 Å². The zero-order valence-corrected chi connectivity index (χ0v) is 12.6. The topological polar surface area (TPSA) is 26.3 Å². The summed E-state index contributed by atoms with van der Waals surface area (Å²) in [6.07, 6.45) is 0.286. The zero-order valence-electron chi connectivity index (χ0n) is 11.9. The predicted molar refractivity (Wildman–Crippen MR) is 82.0 cm³/mol. The van der Waals surface area contributed by atoms with E-state index in [2.05, 4.69) is 0 Å². The molecule has 2 aromatic carbocycles. The lowest BCUT2D eigenvalue weighted by molar-refractivity contribution is 0.0992. The smallest absolute Gasteiger partial charge is 0.168 e. The van der Waals surface area contributed by atoms with Crippen LogP contribution in [0.3, 0.4) is 0 Å². The third kappa shape index (κ3) is 3.02. The van der Waals surface area contributed by atoms with Crippen molar-refractivity contribution < 1.29 is 9.53 Å². The molecule has 3 heteroatoms. The number of rotatable bonds is 4. The molecule has 0 aliphatic carbocycles. The van der Waals surface area contributed by atoms with Gasteiger partial charge in [-0.05, 0) is 31.5 Å². The van der Waals surface area contributed by atoms with Crippen LogP contribution in [0.2, 0.25) is 5.02 Å². The van der Waals surface area contributed by atoms with Gasteiger partial charge in [0.05, 0.1) is 12.1 Å². The fourth-order valence-corrected chi connectivity index (χ4v) is 2.41. The number of ether oxygens (including phenoxy) is 1. The summed E-state index contributed by atoms with van der Waals surface area (Å²) in [5, 5.41) is 0.532. The number of carbonyl (C=O) groups excluding carboxylic acids is 1. The van der Waals surface area contributed by atoms with Gasteiger partial charge < -0.3 is 4.74 Å². The van der Waals surface area contributed by atoms with Crippen LogP contribution in [0.1, 0.15) is 27.0 Å². The fraction of sp³-hybridized carbons (Fsp3) is 0.235. The lowest BCUT2D eigenvalue weighted by Crippen LogP contribution is -2.06. The Morgan fingerprint density at radius 3 is 2.65 bits per heavy atom. The first kappa shape index (κ1) is 14.6. The van der Waals surface area contributed by atoms with Gasteiger partial charge in [-0.15, -0.1) is 0 Å². The van der Waals surface area contributed by atoms with E-state index in [1.165, 1.54) is 0 Å². The first-order valence-electron chi connectivity index (χ1n) is 6.44. The van der Waals surface area contributed by atoms with Crippen LogP contribution in [-0.2, 0) is 6.42 Å². The maximum Gasteiger partial charge on any atom is 0.168 e. The molecule has 0 unspecified atom stereocenters. The molecule has 0 aromatic heterocycles. The van der Waals surface area contributed by atoms with E-state index in [0.717, 1.165) is 22.4 Å². The molecule has 0 heterocycles. The summed E-state index contributed by atoms with van der Waals surface area (Å²) >= 11 is 6.21. The van der Waals surface area contributed by atoms with E-state index in [9.17, 15) is 4.79 Å². The molecule has 0 N–H and O–H groups in total. The molecule has 20 heavy (non-hydrogen) atoms. The highest BCUT2D eigenvalue weighted by molar-refractivity contribution is 6.34. The molecule has 0 fully saturated rings. The van der Waals surface area contributed by atoms with Gasteiger partial charge in [0.1, 0.15) is 5.75 Å². The maximum absolute atomic E-state index is 12.4. The Morgan fingerprint density at radius 2 is 1.95 bits per heavy atom. The molecule has 2 aromatic rings. The second-order valence-electron chi connectivity index (χ2n) is 4.85. The molecule has 0 amide bonds. The molecule has 0 bridgehead atoms. The summed E-state index contributed by atoms with van der Waals surface area (Å²) in [5.41, 5.74) is 3.46. The largest absolute Gasteiger partial charge is 0.496 e. The number of aryl methyl sites for hydroxylation is 2. The van der Waals surface area contributed by atoms with Crippen LogP contribution in [0, 0.1) is 13.8 Å². The molecule has 0 radical (unpaired) electrons. The SMILES string of the molecule is COc1ccc(C)cc1CC(=O)c1cccc(C)c1Cl. The Morgan fingerprint density at radius 1 is 1.20 bits per heavy atom. The van der Waals surface area contributed by atoms with Crippen molar-refractivity contribution in [2.24, 2.45) is 0 Å².